The molecule has 0 bridgehead atoms. The van der Waals surface area contributed by atoms with Crippen molar-refractivity contribution in [3.63, 3.8) is 0 Å². The van der Waals surface area contributed by atoms with Gasteiger partial charge in [-0.25, -0.2) is 0 Å². The van der Waals surface area contributed by atoms with Crippen molar-refractivity contribution in [3.8, 4) is 0 Å². The van der Waals surface area contributed by atoms with Gasteiger partial charge in [0.1, 0.15) is 0 Å². The molecule has 0 radical (unpaired) electrons. The van der Waals surface area contributed by atoms with Gasteiger partial charge >= 0.3 is 0 Å². The quantitative estimate of drug-likeness (QED) is 0.215. The highest BCUT2D eigenvalue weighted by molar-refractivity contribution is 8.10. The van der Waals surface area contributed by atoms with E-state index in [4.69, 9.17) is 0 Å². The summed E-state index contributed by atoms with van der Waals surface area (Å²) < 4.78 is 0. The molecule has 2 saturated heterocycles. The Kier molecular flexibility index (Phi) is 11.2. The minimum Gasteiger partial charge on any atom is -0.160 e. The normalized spacial score (nSPS) is 19.6. The highest BCUT2D eigenvalue weighted by atomic mass is 32.2. The maximum Gasteiger partial charge on any atom is 0.0235 e. The Labute approximate surface area is 213 Å². The molecule has 0 nitrogen and oxygen atoms in total. The molecule has 2 aromatic heterocycles. The minimum absolute atomic E-state index is 0.750. The number of hydrogen-bond acceptors (Lipinski definition) is 9. The van der Waals surface area contributed by atoms with Crippen LogP contribution >= 0.6 is 105 Å². The van der Waals surface area contributed by atoms with Gasteiger partial charge in [-0.3, -0.25) is 0 Å². The molecule has 2 aliphatic heterocycles. The molecule has 2 unspecified atom stereocenters. The molecule has 29 heavy (non-hydrogen) atoms. The highest BCUT2D eigenvalue weighted by Crippen LogP contribution is 2.38. The number of rotatable bonds is 14. The Balaban J connectivity index is 1.31. The molecule has 0 amide bonds. The highest BCUT2D eigenvalue weighted by Gasteiger charge is 2.25. The monoisotopic (exact) mass is 554 g/mol. The van der Waals surface area contributed by atoms with E-state index in [1.54, 1.807) is 0 Å². The van der Waals surface area contributed by atoms with Crippen LogP contribution in [0.4, 0.5) is 0 Å². The summed E-state index contributed by atoms with van der Waals surface area (Å²) >= 11 is 18.8. The second-order valence-electron chi connectivity index (χ2n) is 6.91. The second kappa shape index (κ2) is 13.5. The molecule has 2 fully saturated rings. The molecule has 4 rings (SSSR count). The van der Waals surface area contributed by atoms with Gasteiger partial charge in [0.25, 0.3) is 0 Å². The Morgan fingerprint density at radius 2 is 1.21 bits per heavy atom. The van der Waals surface area contributed by atoms with E-state index in [0.29, 0.717) is 0 Å². The van der Waals surface area contributed by atoms with Crippen LogP contribution in [0.3, 0.4) is 0 Å². The molecular weight excluding hydrogens is 529 g/mol. The summed E-state index contributed by atoms with van der Waals surface area (Å²) in [7, 11) is 0. The Morgan fingerprint density at radius 3 is 1.55 bits per heavy atom. The van der Waals surface area contributed by atoms with Crippen LogP contribution in [0.25, 0.3) is 0 Å². The van der Waals surface area contributed by atoms with E-state index in [9.17, 15) is 0 Å². The van der Waals surface area contributed by atoms with Crippen LogP contribution in [-0.4, -0.2) is 67.0 Å². The first-order valence-electron chi connectivity index (χ1n) is 9.69. The van der Waals surface area contributed by atoms with Gasteiger partial charge in [0.15, 0.2) is 0 Å². The van der Waals surface area contributed by atoms with Crippen molar-refractivity contribution >= 4 is 105 Å². The first kappa shape index (κ1) is 24.0. The third-order valence-electron chi connectivity index (χ3n) is 4.50. The van der Waals surface area contributed by atoms with Gasteiger partial charge in [0, 0.05) is 87.6 Å². The Hall–Kier alpha value is 1.85. The average molecular weight is 555 g/mol. The molecule has 9 heteroatoms. The van der Waals surface area contributed by atoms with E-state index in [1.807, 2.05) is 22.7 Å². The Morgan fingerprint density at radius 1 is 0.724 bits per heavy atom. The second-order valence-corrected chi connectivity index (χ2v) is 17.1. The molecular formula is C20H26S9. The zero-order valence-corrected chi connectivity index (χ0v) is 23.5. The van der Waals surface area contributed by atoms with Crippen LogP contribution in [0.2, 0.25) is 0 Å². The molecule has 0 saturated carbocycles. The van der Waals surface area contributed by atoms with Gasteiger partial charge in [-0.15, -0.1) is 23.5 Å². The third-order valence-corrected chi connectivity index (χ3v) is 17.0. The van der Waals surface area contributed by atoms with E-state index in [2.05, 4.69) is 116 Å². The molecule has 0 spiro atoms. The van der Waals surface area contributed by atoms with Crippen molar-refractivity contribution in [2.24, 2.45) is 0 Å². The van der Waals surface area contributed by atoms with Crippen molar-refractivity contribution in [1.29, 1.82) is 0 Å². The van der Waals surface area contributed by atoms with Crippen LogP contribution < -0.4 is 0 Å². The van der Waals surface area contributed by atoms with Gasteiger partial charge < -0.3 is 0 Å². The van der Waals surface area contributed by atoms with E-state index >= 15 is 0 Å². The van der Waals surface area contributed by atoms with Crippen LogP contribution in [0.5, 0.6) is 0 Å². The van der Waals surface area contributed by atoms with E-state index in [0.717, 1.165) is 21.0 Å². The summed E-state index contributed by atoms with van der Waals surface area (Å²) in [4.78, 5) is 2.91. The molecule has 0 aromatic carbocycles. The lowest BCUT2D eigenvalue weighted by Crippen LogP contribution is -2.27. The lowest BCUT2D eigenvalue weighted by atomic mass is 10.5. The van der Waals surface area contributed by atoms with Crippen molar-refractivity contribution < 1.29 is 0 Å². The van der Waals surface area contributed by atoms with Gasteiger partial charge in [-0.1, -0.05) is 0 Å². The van der Waals surface area contributed by atoms with Gasteiger partial charge in [0.2, 0.25) is 0 Å². The van der Waals surface area contributed by atoms with Crippen LogP contribution in [0.1, 0.15) is 0 Å². The molecule has 2 aliphatic rings. The summed E-state index contributed by atoms with van der Waals surface area (Å²) in [5.74, 6) is 10.6. The summed E-state index contributed by atoms with van der Waals surface area (Å²) in [6.07, 6.45) is 0. The van der Waals surface area contributed by atoms with Crippen LogP contribution in [0, 0.1) is 0 Å². The minimum atomic E-state index is 0.750. The first-order valence-corrected chi connectivity index (χ1v) is 18.9. The van der Waals surface area contributed by atoms with Gasteiger partial charge in [-0.05, 0) is 22.9 Å². The summed E-state index contributed by atoms with van der Waals surface area (Å²) in [5, 5.41) is 12.3. The SMILES string of the molecule is c1cc(SCC(CSC2CSC2)SC(CSc2ccsc2)CSC2CSC2)cs1. The van der Waals surface area contributed by atoms with E-state index in [1.165, 1.54) is 55.8 Å². The van der Waals surface area contributed by atoms with Crippen molar-refractivity contribution in [2.75, 3.05) is 46.0 Å². The fraction of sp³-hybridized carbons (Fsp3) is 0.600. The maximum atomic E-state index is 2.30. The van der Waals surface area contributed by atoms with Crippen molar-refractivity contribution in [1.82, 2.24) is 0 Å². The zero-order valence-electron chi connectivity index (χ0n) is 16.1. The molecule has 2 atom stereocenters. The fourth-order valence-electron chi connectivity index (χ4n) is 2.68. The predicted molar refractivity (Wildman–Crippen MR) is 152 cm³/mol. The van der Waals surface area contributed by atoms with Crippen molar-refractivity contribution in [2.45, 2.75) is 30.8 Å². The average Bonchev–Trinajstić information content (AvgIpc) is 3.34. The smallest absolute Gasteiger partial charge is 0.0235 e. The number of hydrogen-bond donors (Lipinski definition) is 0. The van der Waals surface area contributed by atoms with E-state index in [-0.39, 0.29) is 0 Å². The largest absolute Gasteiger partial charge is 0.160 e. The summed E-state index contributed by atoms with van der Waals surface area (Å²) in [6.45, 7) is 0. The maximum absolute atomic E-state index is 2.30. The molecule has 160 valence electrons. The summed E-state index contributed by atoms with van der Waals surface area (Å²) in [6, 6.07) is 4.56. The third kappa shape index (κ3) is 8.61. The Bertz CT molecular complexity index is 606. The molecule has 4 heterocycles. The summed E-state index contributed by atoms with van der Waals surface area (Å²) in [5.41, 5.74) is 0. The zero-order chi connectivity index (χ0) is 19.7. The van der Waals surface area contributed by atoms with Crippen molar-refractivity contribution in [3.05, 3.63) is 33.7 Å². The van der Waals surface area contributed by atoms with Gasteiger partial charge in [0.05, 0.1) is 0 Å². The molecule has 0 N–H and O–H groups in total. The lowest BCUT2D eigenvalue weighted by molar-refractivity contribution is 1.04. The lowest BCUT2D eigenvalue weighted by Gasteiger charge is -2.29. The predicted octanol–water partition coefficient (Wildman–Crippen LogP) is 7.86. The number of thioether (sulfide) groups is 7. The van der Waals surface area contributed by atoms with Crippen LogP contribution in [-0.2, 0) is 0 Å². The molecule has 2 aromatic rings. The first-order chi connectivity index (χ1) is 14.3. The standard InChI is InChI=1S/C20H26S9/c1-3-21-5-15(1)25-11-19(13-27-17-7-23-8-17)29-20(14-28-18-9-24-10-18)12-26-16-2-4-22-6-16/h1-6,17-20H,7-14H2. The van der Waals surface area contributed by atoms with Crippen LogP contribution in [0.15, 0.2) is 43.4 Å². The topological polar surface area (TPSA) is 0 Å². The van der Waals surface area contributed by atoms with Gasteiger partial charge in [-0.2, -0.15) is 81.5 Å². The number of thiophene rings is 2. The van der Waals surface area contributed by atoms with E-state index < -0.39 is 0 Å². The molecule has 0 aliphatic carbocycles. The fourth-order valence-corrected chi connectivity index (χ4v) is 13.8.